The third-order valence-corrected chi connectivity index (χ3v) is 10.3. The number of sulfonamides is 2. The molecule has 0 unspecified atom stereocenters. The molecule has 0 bridgehead atoms. The molecule has 0 radical (unpaired) electrons. The normalized spacial score (nSPS) is 14.8. The highest BCUT2D eigenvalue weighted by atomic mass is 32.2. The molecule has 51 heavy (non-hydrogen) atoms. The van der Waals surface area contributed by atoms with Crippen molar-refractivity contribution < 1.29 is 43.9 Å². The van der Waals surface area contributed by atoms with Crippen LogP contribution in [-0.2, 0) is 31.3 Å². The van der Waals surface area contributed by atoms with E-state index in [0.717, 1.165) is 16.4 Å². The summed E-state index contributed by atoms with van der Waals surface area (Å²) in [5.74, 6) is -1.39. The summed E-state index contributed by atoms with van der Waals surface area (Å²) in [6.07, 6.45) is -5.21. The smallest absolute Gasteiger partial charge is 0.410 e. The van der Waals surface area contributed by atoms with Gasteiger partial charge in [-0.05, 0) is 68.8 Å². The van der Waals surface area contributed by atoms with Gasteiger partial charge in [-0.2, -0.15) is 22.5 Å². The van der Waals surface area contributed by atoms with Crippen LogP contribution in [0.1, 0.15) is 26.3 Å². The summed E-state index contributed by atoms with van der Waals surface area (Å²) in [4.78, 5) is 26.0. The molecule has 3 heterocycles. The van der Waals surface area contributed by atoms with Crippen LogP contribution in [0.2, 0.25) is 0 Å². The van der Waals surface area contributed by atoms with Gasteiger partial charge in [0.25, 0.3) is 0 Å². The maximum Gasteiger partial charge on any atom is 0.410 e. The van der Waals surface area contributed by atoms with E-state index in [1.54, 1.807) is 20.8 Å². The number of primary sulfonamides is 1. The number of halogens is 4. The molecule has 4 aromatic rings. The minimum absolute atomic E-state index is 0.0249. The molecule has 2 aromatic carbocycles. The fourth-order valence-electron chi connectivity index (χ4n) is 4.98. The van der Waals surface area contributed by atoms with Crippen LogP contribution in [0, 0.1) is 5.82 Å². The number of alkyl halides is 3. The summed E-state index contributed by atoms with van der Waals surface area (Å²) in [5, 5.41) is 10.2. The molecule has 0 saturated carbocycles. The van der Waals surface area contributed by atoms with E-state index in [4.69, 9.17) is 9.88 Å². The number of nitrogens with one attached hydrogen (secondary N) is 2. The molecule has 1 saturated heterocycles. The van der Waals surface area contributed by atoms with Gasteiger partial charge in [0.1, 0.15) is 28.4 Å². The second-order valence-corrected chi connectivity index (χ2v) is 16.0. The van der Waals surface area contributed by atoms with Crippen LogP contribution < -0.4 is 15.8 Å². The standard InChI is InChI=1S/C31H34F4N8O6S2/c1-30(2,3)49-29(44)42-12-14-43(15-13-42)51(47,48)25-16-20(6-9-22(25)32)23-10-11-24-26(39-23)27(38-18-31(33,34)35)41-28(40-24)37-17-19-4-7-21(8-5-19)50(36,45)46/h4-11,16H,12-15,17-18H2,1-3H3,(H2,36,45,46)(H2,37,38,40,41). The zero-order valence-electron chi connectivity index (χ0n) is 27.5. The number of fused-ring (bicyclic) bond motifs is 1. The van der Waals surface area contributed by atoms with Gasteiger partial charge in [0, 0.05) is 38.3 Å². The molecule has 1 aliphatic rings. The van der Waals surface area contributed by atoms with Crippen LogP contribution in [0.5, 0.6) is 0 Å². The lowest BCUT2D eigenvalue weighted by atomic mass is 10.1. The number of anilines is 2. The number of nitrogens with two attached hydrogens (primary N) is 1. The van der Waals surface area contributed by atoms with Gasteiger partial charge >= 0.3 is 12.3 Å². The number of hydrogen-bond donors (Lipinski definition) is 3. The van der Waals surface area contributed by atoms with Crippen molar-refractivity contribution >= 4 is 48.9 Å². The zero-order chi connectivity index (χ0) is 37.4. The quantitative estimate of drug-likeness (QED) is 0.207. The van der Waals surface area contributed by atoms with Crippen molar-refractivity contribution in [2.45, 2.75) is 48.9 Å². The number of benzene rings is 2. The lowest BCUT2D eigenvalue weighted by Gasteiger charge is -2.35. The summed E-state index contributed by atoms with van der Waals surface area (Å²) in [6.45, 7) is 3.57. The average Bonchev–Trinajstić information content (AvgIpc) is 3.05. The van der Waals surface area contributed by atoms with Crippen molar-refractivity contribution in [3.63, 3.8) is 0 Å². The first kappa shape index (κ1) is 37.6. The average molecular weight is 755 g/mol. The fraction of sp³-hybridized carbons (Fsp3) is 0.355. The molecule has 20 heteroatoms. The zero-order valence-corrected chi connectivity index (χ0v) is 29.2. The third kappa shape index (κ3) is 9.37. The van der Waals surface area contributed by atoms with E-state index in [2.05, 4.69) is 25.6 Å². The van der Waals surface area contributed by atoms with Crippen molar-refractivity contribution in [2.75, 3.05) is 43.4 Å². The van der Waals surface area contributed by atoms with Gasteiger partial charge in [0.2, 0.25) is 26.0 Å². The second kappa shape index (κ2) is 14.2. The molecular formula is C31H34F4N8O6S2. The maximum absolute atomic E-state index is 15.1. The van der Waals surface area contributed by atoms with Gasteiger partial charge in [-0.25, -0.2) is 41.1 Å². The SMILES string of the molecule is CC(C)(C)OC(=O)N1CCN(S(=O)(=O)c2cc(-c3ccc4nc(NCc5ccc(S(N)(=O)=O)cc5)nc(NCC(F)(F)F)c4n3)ccc2F)CC1. The molecule has 4 N–H and O–H groups in total. The van der Waals surface area contributed by atoms with Gasteiger partial charge in [0.05, 0.1) is 16.1 Å². The molecule has 0 atom stereocenters. The van der Waals surface area contributed by atoms with Gasteiger partial charge in [-0.15, -0.1) is 0 Å². The predicted molar refractivity (Wildman–Crippen MR) is 179 cm³/mol. The minimum Gasteiger partial charge on any atom is -0.444 e. The van der Waals surface area contributed by atoms with Gasteiger partial charge in [-0.1, -0.05) is 12.1 Å². The maximum atomic E-state index is 15.1. The summed E-state index contributed by atoms with van der Waals surface area (Å²) >= 11 is 0. The monoisotopic (exact) mass is 754 g/mol. The van der Waals surface area contributed by atoms with E-state index in [1.165, 1.54) is 47.4 Å². The number of carbonyl (C=O) groups is 1. The Hall–Kier alpha value is -4.66. The van der Waals surface area contributed by atoms with Crippen molar-refractivity contribution in [3.8, 4) is 11.3 Å². The van der Waals surface area contributed by atoms with Crippen molar-refractivity contribution in [3.05, 3.63) is 66.0 Å². The van der Waals surface area contributed by atoms with E-state index in [9.17, 15) is 34.8 Å². The van der Waals surface area contributed by atoms with Crippen molar-refractivity contribution in [1.29, 1.82) is 0 Å². The summed E-state index contributed by atoms with van der Waals surface area (Å²) in [6, 6.07) is 11.8. The largest absolute Gasteiger partial charge is 0.444 e. The van der Waals surface area contributed by atoms with E-state index >= 15 is 4.39 Å². The molecule has 2 aromatic heterocycles. The molecule has 14 nitrogen and oxygen atoms in total. The number of hydrogen-bond acceptors (Lipinski definition) is 11. The number of carbonyl (C=O) groups excluding carboxylic acids is 1. The first-order valence-electron chi connectivity index (χ1n) is 15.3. The fourth-order valence-corrected chi connectivity index (χ4v) is 7.00. The van der Waals surface area contributed by atoms with Crippen molar-refractivity contribution in [1.82, 2.24) is 24.2 Å². The number of ether oxygens (including phenoxy) is 1. The Kier molecular flexibility index (Phi) is 10.4. The van der Waals surface area contributed by atoms with Crippen LogP contribution >= 0.6 is 0 Å². The Morgan fingerprint density at radius 3 is 2.18 bits per heavy atom. The van der Waals surface area contributed by atoms with E-state index in [1.807, 2.05) is 0 Å². The first-order chi connectivity index (χ1) is 23.7. The van der Waals surface area contributed by atoms with Crippen LogP contribution in [0.4, 0.5) is 34.1 Å². The number of nitrogens with zero attached hydrogens (tertiary/aromatic N) is 5. The lowest BCUT2D eigenvalue weighted by Crippen LogP contribution is -2.51. The second-order valence-electron chi connectivity index (χ2n) is 12.5. The van der Waals surface area contributed by atoms with Crippen molar-refractivity contribution in [2.24, 2.45) is 5.14 Å². The van der Waals surface area contributed by atoms with E-state index < -0.39 is 55.2 Å². The minimum atomic E-state index is -4.62. The predicted octanol–water partition coefficient (Wildman–Crippen LogP) is 4.31. The Balaban J connectivity index is 1.41. The Morgan fingerprint density at radius 2 is 1.57 bits per heavy atom. The molecule has 1 amide bonds. The first-order valence-corrected chi connectivity index (χ1v) is 18.3. The number of rotatable bonds is 9. The Morgan fingerprint density at radius 1 is 0.902 bits per heavy atom. The molecule has 0 aliphatic carbocycles. The topological polar surface area (TPSA) is 190 Å². The van der Waals surface area contributed by atoms with Crippen LogP contribution in [0.15, 0.2) is 64.4 Å². The Labute approximate surface area is 291 Å². The van der Waals surface area contributed by atoms with Gasteiger partial charge in [-0.3, -0.25) is 0 Å². The Bertz CT molecular complexity index is 2160. The van der Waals surface area contributed by atoms with E-state index in [0.29, 0.717) is 5.56 Å². The highest BCUT2D eigenvalue weighted by Crippen LogP contribution is 2.30. The molecule has 1 aliphatic heterocycles. The molecule has 274 valence electrons. The van der Waals surface area contributed by atoms with Crippen LogP contribution in [0.25, 0.3) is 22.3 Å². The van der Waals surface area contributed by atoms with Crippen LogP contribution in [0.3, 0.4) is 0 Å². The van der Waals surface area contributed by atoms with E-state index in [-0.39, 0.29) is 71.7 Å². The summed E-state index contributed by atoms with van der Waals surface area (Å²) in [5.41, 5.74) is 0.154. The number of aromatic nitrogens is 3. The van der Waals surface area contributed by atoms with Crippen LogP contribution in [-0.4, -0.2) is 91.6 Å². The highest BCUT2D eigenvalue weighted by molar-refractivity contribution is 7.89. The highest BCUT2D eigenvalue weighted by Gasteiger charge is 2.34. The molecule has 1 fully saturated rings. The van der Waals surface area contributed by atoms with Gasteiger partial charge < -0.3 is 20.3 Å². The third-order valence-electron chi connectivity index (χ3n) is 7.44. The number of piperazine rings is 1. The molecule has 5 rings (SSSR count). The molecular weight excluding hydrogens is 721 g/mol. The summed E-state index contributed by atoms with van der Waals surface area (Å²) in [7, 11) is -8.29. The lowest BCUT2D eigenvalue weighted by molar-refractivity contribution is -0.115. The number of amides is 1. The number of pyridine rings is 1. The molecule has 0 spiro atoms. The van der Waals surface area contributed by atoms with Gasteiger partial charge in [0.15, 0.2) is 5.82 Å². The summed E-state index contributed by atoms with van der Waals surface area (Å²) < 4.78 is 111.